The number of hydrogen-bond donors (Lipinski definition) is 1. The molecule has 4 heteroatoms. The minimum Gasteiger partial charge on any atom is -0.459 e. The molecule has 0 radical (unpaired) electrons. The van der Waals surface area contributed by atoms with Gasteiger partial charge in [-0.15, -0.1) is 0 Å². The molecule has 16 heavy (non-hydrogen) atoms. The summed E-state index contributed by atoms with van der Waals surface area (Å²) in [5, 5.41) is 0. The van der Waals surface area contributed by atoms with E-state index in [2.05, 4.69) is 0 Å². The molecule has 1 unspecified atom stereocenters. The predicted octanol–water partition coefficient (Wildman–Crippen LogP) is 1.62. The second-order valence-corrected chi connectivity index (χ2v) is 4.59. The van der Waals surface area contributed by atoms with Gasteiger partial charge in [0.15, 0.2) is 5.76 Å². The van der Waals surface area contributed by atoms with E-state index in [1.165, 1.54) is 6.26 Å². The average Bonchev–Trinajstić information content (AvgIpc) is 2.82. The van der Waals surface area contributed by atoms with Crippen LogP contribution in [0.2, 0.25) is 0 Å². The third-order valence-corrected chi connectivity index (χ3v) is 3.42. The van der Waals surface area contributed by atoms with Gasteiger partial charge in [-0.25, -0.2) is 0 Å². The number of nitrogens with two attached hydrogens (primary N) is 1. The van der Waals surface area contributed by atoms with Crippen LogP contribution in [-0.4, -0.2) is 29.4 Å². The van der Waals surface area contributed by atoms with Crippen molar-refractivity contribution in [3.8, 4) is 0 Å². The zero-order valence-electron chi connectivity index (χ0n) is 9.61. The number of furan rings is 1. The molecule has 0 saturated carbocycles. The summed E-state index contributed by atoms with van der Waals surface area (Å²) in [5.74, 6) is 0.360. The molecule has 4 nitrogen and oxygen atoms in total. The van der Waals surface area contributed by atoms with Crippen LogP contribution in [0.25, 0.3) is 0 Å². The van der Waals surface area contributed by atoms with Gasteiger partial charge < -0.3 is 15.1 Å². The number of carbonyl (C=O) groups is 1. The summed E-state index contributed by atoms with van der Waals surface area (Å²) in [6, 6.07) is 3.44. The van der Waals surface area contributed by atoms with Crippen molar-refractivity contribution in [2.45, 2.75) is 31.7 Å². The van der Waals surface area contributed by atoms with E-state index in [0.717, 1.165) is 25.8 Å². The van der Waals surface area contributed by atoms with Crippen molar-refractivity contribution in [3.63, 3.8) is 0 Å². The number of rotatable bonds is 2. The summed E-state index contributed by atoms with van der Waals surface area (Å²) in [6.45, 7) is 3.32. The highest BCUT2D eigenvalue weighted by Gasteiger charge is 2.37. The molecule has 1 aliphatic heterocycles. The van der Waals surface area contributed by atoms with Crippen LogP contribution in [0.3, 0.4) is 0 Å². The summed E-state index contributed by atoms with van der Waals surface area (Å²) in [6.07, 6.45) is 4.67. The quantitative estimate of drug-likeness (QED) is 0.827. The average molecular weight is 222 g/mol. The largest absolute Gasteiger partial charge is 0.459 e. The molecule has 0 aromatic carbocycles. The first-order valence-corrected chi connectivity index (χ1v) is 5.73. The summed E-state index contributed by atoms with van der Waals surface area (Å²) in [7, 11) is 0. The lowest BCUT2D eigenvalue weighted by atomic mass is 9.88. The molecule has 0 bridgehead atoms. The van der Waals surface area contributed by atoms with Gasteiger partial charge in [0.1, 0.15) is 0 Å². The molecule has 1 saturated heterocycles. The number of nitrogens with zero attached hydrogens (tertiary/aromatic N) is 1. The zero-order chi connectivity index (χ0) is 11.6. The molecule has 2 heterocycles. The standard InChI is InChI=1S/C12H18N2O2/c1-12(9-13)6-2-3-7-14(12)11(15)10-5-4-8-16-10/h4-5,8H,2-3,6-7,9,13H2,1H3. The Kier molecular flexibility index (Phi) is 3.01. The van der Waals surface area contributed by atoms with E-state index in [1.54, 1.807) is 12.1 Å². The van der Waals surface area contributed by atoms with Crippen LogP contribution in [0.5, 0.6) is 0 Å². The summed E-state index contributed by atoms with van der Waals surface area (Å²) < 4.78 is 5.15. The highest BCUT2D eigenvalue weighted by atomic mass is 16.3. The van der Waals surface area contributed by atoms with E-state index in [0.29, 0.717) is 12.3 Å². The van der Waals surface area contributed by atoms with Crippen LogP contribution < -0.4 is 5.73 Å². The molecule has 1 amide bonds. The lowest BCUT2D eigenvalue weighted by molar-refractivity contribution is 0.0372. The van der Waals surface area contributed by atoms with E-state index in [4.69, 9.17) is 10.2 Å². The first-order chi connectivity index (χ1) is 7.67. The van der Waals surface area contributed by atoms with E-state index >= 15 is 0 Å². The number of piperidine rings is 1. The van der Waals surface area contributed by atoms with Gasteiger partial charge in [0, 0.05) is 13.1 Å². The Bertz CT molecular complexity index is 361. The Labute approximate surface area is 95.4 Å². The normalized spacial score (nSPS) is 25.8. The third-order valence-electron chi connectivity index (χ3n) is 3.42. The fourth-order valence-electron chi connectivity index (χ4n) is 2.27. The van der Waals surface area contributed by atoms with Crippen LogP contribution in [0, 0.1) is 0 Å². The molecule has 1 atom stereocenters. The van der Waals surface area contributed by atoms with E-state index in [9.17, 15) is 4.79 Å². The fraction of sp³-hybridized carbons (Fsp3) is 0.583. The zero-order valence-corrected chi connectivity index (χ0v) is 9.61. The van der Waals surface area contributed by atoms with Crippen molar-refractivity contribution in [1.82, 2.24) is 4.90 Å². The number of likely N-dealkylation sites (tertiary alicyclic amines) is 1. The number of hydrogen-bond acceptors (Lipinski definition) is 3. The topological polar surface area (TPSA) is 59.5 Å². The third kappa shape index (κ3) is 1.85. The van der Waals surface area contributed by atoms with Crippen molar-refractivity contribution >= 4 is 5.91 Å². The Morgan fingerprint density at radius 3 is 3.06 bits per heavy atom. The number of amides is 1. The van der Waals surface area contributed by atoms with Gasteiger partial charge in [0.05, 0.1) is 11.8 Å². The first-order valence-electron chi connectivity index (χ1n) is 5.73. The summed E-state index contributed by atoms with van der Waals surface area (Å²) in [4.78, 5) is 14.1. The summed E-state index contributed by atoms with van der Waals surface area (Å²) in [5.41, 5.74) is 5.57. The van der Waals surface area contributed by atoms with Gasteiger partial charge in [-0.2, -0.15) is 0 Å². The molecule has 88 valence electrons. The van der Waals surface area contributed by atoms with E-state index in [-0.39, 0.29) is 11.4 Å². The molecule has 1 fully saturated rings. The second kappa shape index (κ2) is 4.29. The molecule has 1 aromatic heterocycles. The Hall–Kier alpha value is -1.29. The number of carbonyl (C=O) groups excluding carboxylic acids is 1. The van der Waals surface area contributed by atoms with Crippen molar-refractivity contribution in [3.05, 3.63) is 24.2 Å². The molecule has 0 aliphatic carbocycles. The van der Waals surface area contributed by atoms with Gasteiger partial charge >= 0.3 is 0 Å². The highest BCUT2D eigenvalue weighted by Crippen LogP contribution is 2.28. The minimum absolute atomic E-state index is 0.0438. The van der Waals surface area contributed by atoms with Crippen LogP contribution in [0.1, 0.15) is 36.7 Å². The smallest absolute Gasteiger partial charge is 0.290 e. The van der Waals surface area contributed by atoms with E-state index in [1.807, 2.05) is 11.8 Å². The molecule has 0 spiro atoms. The van der Waals surface area contributed by atoms with Crippen LogP contribution in [0.4, 0.5) is 0 Å². The Balaban J connectivity index is 2.21. The van der Waals surface area contributed by atoms with Gasteiger partial charge in [0.25, 0.3) is 5.91 Å². The van der Waals surface area contributed by atoms with Crippen molar-refractivity contribution in [2.24, 2.45) is 5.73 Å². The van der Waals surface area contributed by atoms with Crippen LogP contribution >= 0.6 is 0 Å². The second-order valence-electron chi connectivity index (χ2n) is 4.59. The van der Waals surface area contributed by atoms with Crippen molar-refractivity contribution in [2.75, 3.05) is 13.1 Å². The molecular weight excluding hydrogens is 204 g/mol. The summed E-state index contributed by atoms with van der Waals surface area (Å²) >= 11 is 0. The molecule has 2 N–H and O–H groups in total. The maximum absolute atomic E-state index is 12.2. The SMILES string of the molecule is CC1(CN)CCCCN1C(=O)c1ccco1. The fourth-order valence-corrected chi connectivity index (χ4v) is 2.27. The predicted molar refractivity (Wildman–Crippen MR) is 61.1 cm³/mol. The molecule has 1 aromatic rings. The molecular formula is C12H18N2O2. The monoisotopic (exact) mass is 222 g/mol. The maximum Gasteiger partial charge on any atom is 0.290 e. The van der Waals surface area contributed by atoms with Gasteiger partial charge in [-0.3, -0.25) is 4.79 Å². The Morgan fingerprint density at radius 2 is 2.44 bits per heavy atom. The Morgan fingerprint density at radius 1 is 1.62 bits per heavy atom. The van der Waals surface area contributed by atoms with Gasteiger partial charge in [-0.05, 0) is 38.3 Å². The minimum atomic E-state index is -0.220. The van der Waals surface area contributed by atoms with Crippen LogP contribution in [0.15, 0.2) is 22.8 Å². The van der Waals surface area contributed by atoms with Crippen LogP contribution in [-0.2, 0) is 0 Å². The lowest BCUT2D eigenvalue weighted by Crippen LogP contribution is -2.56. The molecule has 1 aliphatic rings. The molecule has 2 rings (SSSR count). The van der Waals surface area contributed by atoms with Gasteiger partial charge in [-0.1, -0.05) is 0 Å². The maximum atomic E-state index is 12.2. The van der Waals surface area contributed by atoms with E-state index < -0.39 is 0 Å². The highest BCUT2D eigenvalue weighted by molar-refractivity contribution is 5.92. The van der Waals surface area contributed by atoms with Crippen molar-refractivity contribution < 1.29 is 9.21 Å². The van der Waals surface area contributed by atoms with Crippen molar-refractivity contribution in [1.29, 1.82) is 0 Å². The van der Waals surface area contributed by atoms with Gasteiger partial charge in [0.2, 0.25) is 0 Å². The lowest BCUT2D eigenvalue weighted by Gasteiger charge is -2.43. The first kappa shape index (κ1) is 11.2.